The fraction of sp³-hybridized carbons (Fsp3) is 0.0500. The van der Waals surface area contributed by atoms with Crippen LogP contribution < -0.4 is 5.73 Å². The van der Waals surface area contributed by atoms with E-state index in [1.165, 1.54) is 0 Å². The molecule has 0 aliphatic heterocycles. The molecule has 2 aromatic heterocycles. The lowest BCUT2D eigenvalue weighted by molar-refractivity contribution is 0.477. The van der Waals surface area contributed by atoms with Crippen molar-refractivity contribution in [1.82, 2.24) is 19.5 Å². The van der Waals surface area contributed by atoms with Crippen molar-refractivity contribution in [1.29, 1.82) is 0 Å². The molecule has 0 aliphatic carbocycles. The SMILES string of the molecule is Cn1cc(C=Cc2nc(N)nc(-c3ccccc3O)n2)c2ccccc21. The van der Waals surface area contributed by atoms with Crippen molar-refractivity contribution in [3.05, 3.63) is 66.1 Å². The number of phenolic OH excluding ortho intramolecular Hbond substituents is 1. The van der Waals surface area contributed by atoms with Gasteiger partial charge >= 0.3 is 0 Å². The molecule has 2 aromatic carbocycles. The van der Waals surface area contributed by atoms with Gasteiger partial charge in [0.2, 0.25) is 5.95 Å². The Bertz CT molecular complexity index is 1130. The minimum absolute atomic E-state index is 0.0992. The number of hydrogen-bond donors (Lipinski definition) is 2. The molecule has 4 aromatic rings. The maximum atomic E-state index is 10.0. The van der Waals surface area contributed by atoms with Crippen LogP contribution >= 0.6 is 0 Å². The first-order chi connectivity index (χ1) is 12.6. The summed E-state index contributed by atoms with van der Waals surface area (Å²) < 4.78 is 2.07. The average molecular weight is 343 g/mol. The Hall–Kier alpha value is -3.67. The summed E-state index contributed by atoms with van der Waals surface area (Å²) in [6, 6.07) is 15.0. The molecule has 0 atom stereocenters. The van der Waals surface area contributed by atoms with Crippen LogP contribution in [0.4, 0.5) is 5.95 Å². The van der Waals surface area contributed by atoms with Crippen molar-refractivity contribution in [3.8, 4) is 17.1 Å². The second-order valence-electron chi connectivity index (χ2n) is 5.94. The summed E-state index contributed by atoms with van der Waals surface area (Å²) in [7, 11) is 2.01. The summed E-state index contributed by atoms with van der Waals surface area (Å²) in [4.78, 5) is 12.7. The lowest BCUT2D eigenvalue weighted by atomic mass is 10.1. The van der Waals surface area contributed by atoms with Gasteiger partial charge in [0, 0.05) is 29.7 Å². The Balaban J connectivity index is 1.74. The van der Waals surface area contributed by atoms with Crippen LogP contribution in [0.5, 0.6) is 5.75 Å². The highest BCUT2D eigenvalue weighted by Gasteiger charge is 2.09. The van der Waals surface area contributed by atoms with Crippen LogP contribution in [0.1, 0.15) is 11.4 Å². The Morgan fingerprint density at radius 2 is 1.73 bits per heavy atom. The van der Waals surface area contributed by atoms with Gasteiger partial charge < -0.3 is 15.4 Å². The monoisotopic (exact) mass is 343 g/mol. The van der Waals surface area contributed by atoms with Crippen LogP contribution in [0.2, 0.25) is 0 Å². The predicted octanol–water partition coefficient (Wildman–Crippen LogP) is 3.49. The Morgan fingerprint density at radius 3 is 2.58 bits per heavy atom. The largest absolute Gasteiger partial charge is 0.507 e. The number of aryl methyl sites for hydroxylation is 1. The molecule has 26 heavy (non-hydrogen) atoms. The highest BCUT2D eigenvalue weighted by atomic mass is 16.3. The lowest BCUT2D eigenvalue weighted by Gasteiger charge is -2.04. The van der Waals surface area contributed by atoms with Crippen LogP contribution in [0.15, 0.2) is 54.7 Å². The predicted molar refractivity (Wildman–Crippen MR) is 103 cm³/mol. The maximum Gasteiger partial charge on any atom is 0.224 e. The third-order valence-electron chi connectivity index (χ3n) is 4.15. The zero-order valence-electron chi connectivity index (χ0n) is 14.2. The number of hydrogen-bond acceptors (Lipinski definition) is 5. The number of phenols is 1. The normalized spacial score (nSPS) is 11.4. The van der Waals surface area contributed by atoms with Gasteiger partial charge in [0.15, 0.2) is 11.6 Å². The van der Waals surface area contributed by atoms with Gasteiger partial charge in [-0.3, -0.25) is 0 Å². The molecule has 0 saturated carbocycles. The number of para-hydroxylation sites is 2. The summed E-state index contributed by atoms with van der Waals surface area (Å²) in [5.74, 6) is 0.981. The quantitative estimate of drug-likeness (QED) is 0.594. The molecule has 0 amide bonds. The van der Waals surface area contributed by atoms with Gasteiger partial charge in [-0.2, -0.15) is 9.97 Å². The average Bonchev–Trinajstić information content (AvgIpc) is 2.96. The van der Waals surface area contributed by atoms with Gasteiger partial charge in [0.1, 0.15) is 5.75 Å². The smallest absolute Gasteiger partial charge is 0.224 e. The van der Waals surface area contributed by atoms with Crippen molar-refractivity contribution < 1.29 is 5.11 Å². The van der Waals surface area contributed by atoms with Gasteiger partial charge in [0.25, 0.3) is 0 Å². The number of nitrogens with two attached hydrogens (primary N) is 1. The molecule has 0 fully saturated rings. The van der Waals surface area contributed by atoms with Gasteiger partial charge in [-0.25, -0.2) is 4.98 Å². The number of benzene rings is 2. The van der Waals surface area contributed by atoms with E-state index in [2.05, 4.69) is 37.8 Å². The van der Waals surface area contributed by atoms with E-state index < -0.39 is 0 Å². The number of rotatable bonds is 3. The number of fused-ring (bicyclic) bond motifs is 1. The number of aromatic hydroxyl groups is 1. The molecule has 0 radical (unpaired) electrons. The van der Waals surface area contributed by atoms with Gasteiger partial charge in [0.05, 0.1) is 5.56 Å². The van der Waals surface area contributed by atoms with Crippen molar-refractivity contribution >= 4 is 29.0 Å². The van der Waals surface area contributed by atoms with Crippen molar-refractivity contribution in [2.24, 2.45) is 7.05 Å². The molecule has 3 N–H and O–H groups in total. The molecular formula is C20H17N5O. The minimum atomic E-state index is 0.0992. The van der Waals surface area contributed by atoms with Crippen molar-refractivity contribution in [2.45, 2.75) is 0 Å². The van der Waals surface area contributed by atoms with E-state index in [-0.39, 0.29) is 11.7 Å². The Morgan fingerprint density at radius 1 is 0.962 bits per heavy atom. The third-order valence-corrected chi connectivity index (χ3v) is 4.15. The second-order valence-corrected chi connectivity index (χ2v) is 5.94. The summed E-state index contributed by atoms with van der Waals surface area (Å²) in [5, 5.41) is 11.2. The molecule has 0 saturated heterocycles. The lowest BCUT2D eigenvalue weighted by Crippen LogP contribution is -2.02. The number of nitrogen functional groups attached to an aromatic ring is 1. The topological polar surface area (TPSA) is 89.9 Å². The van der Waals surface area contributed by atoms with Gasteiger partial charge in [-0.15, -0.1) is 0 Å². The van der Waals surface area contributed by atoms with E-state index in [0.717, 1.165) is 16.5 Å². The van der Waals surface area contributed by atoms with Gasteiger partial charge in [-0.1, -0.05) is 30.3 Å². The molecule has 0 bridgehead atoms. The van der Waals surface area contributed by atoms with Crippen LogP contribution in [-0.4, -0.2) is 24.6 Å². The number of anilines is 1. The Kier molecular flexibility index (Phi) is 3.85. The van der Waals surface area contributed by atoms with E-state index in [4.69, 9.17) is 5.73 Å². The van der Waals surface area contributed by atoms with E-state index in [0.29, 0.717) is 17.2 Å². The molecular weight excluding hydrogens is 326 g/mol. The fourth-order valence-electron chi connectivity index (χ4n) is 2.94. The Labute approximate surface area is 150 Å². The third kappa shape index (κ3) is 2.88. The number of nitrogens with zero attached hydrogens (tertiary/aromatic N) is 4. The second kappa shape index (κ2) is 6.33. The summed E-state index contributed by atoms with van der Waals surface area (Å²) in [6.07, 6.45) is 5.80. The van der Waals surface area contributed by atoms with E-state index in [1.807, 2.05) is 25.3 Å². The maximum absolute atomic E-state index is 10.0. The first kappa shape index (κ1) is 15.8. The van der Waals surface area contributed by atoms with E-state index in [9.17, 15) is 5.11 Å². The molecule has 128 valence electrons. The number of aromatic nitrogens is 4. The molecule has 6 nitrogen and oxygen atoms in total. The van der Waals surface area contributed by atoms with Crippen LogP contribution in [-0.2, 0) is 7.05 Å². The summed E-state index contributed by atoms with van der Waals surface area (Å²) >= 11 is 0. The molecule has 2 heterocycles. The van der Waals surface area contributed by atoms with Crippen molar-refractivity contribution in [3.63, 3.8) is 0 Å². The van der Waals surface area contributed by atoms with E-state index >= 15 is 0 Å². The zero-order valence-corrected chi connectivity index (χ0v) is 14.2. The fourth-order valence-corrected chi connectivity index (χ4v) is 2.94. The molecule has 0 aliphatic rings. The minimum Gasteiger partial charge on any atom is -0.507 e. The summed E-state index contributed by atoms with van der Waals surface area (Å²) in [5.41, 5.74) is 8.56. The first-order valence-corrected chi connectivity index (χ1v) is 8.14. The van der Waals surface area contributed by atoms with E-state index in [1.54, 1.807) is 30.3 Å². The first-order valence-electron chi connectivity index (χ1n) is 8.14. The summed E-state index contributed by atoms with van der Waals surface area (Å²) in [6.45, 7) is 0. The molecule has 6 heteroatoms. The highest BCUT2D eigenvalue weighted by molar-refractivity contribution is 5.91. The van der Waals surface area contributed by atoms with Crippen LogP contribution in [0, 0.1) is 0 Å². The standard InChI is InChI=1S/C20H17N5O/c1-25-12-13(14-6-2-4-8-16(14)25)10-11-18-22-19(24-20(21)23-18)15-7-3-5-9-17(15)26/h2-12,26H,1H3,(H2,21,22,23,24). The van der Waals surface area contributed by atoms with Crippen LogP contribution in [0.3, 0.4) is 0 Å². The molecule has 0 unspecified atom stereocenters. The van der Waals surface area contributed by atoms with Gasteiger partial charge in [-0.05, 0) is 30.4 Å². The highest BCUT2D eigenvalue weighted by Crippen LogP contribution is 2.26. The molecule has 0 spiro atoms. The van der Waals surface area contributed by atoms with Crippen LogP contribution in [0.25, 0.3) is 34.4 Å². The zero-order chi connectivity index (χ0) is 18.1. The van der Waals surface area contributed by atoms with Crippen molar-refractivity contribution in [2.75, 3.05) is 5.73 Å². The molecule has 4 rings (SSSR count).